The lowest BCUT2D eigenvalue weighted by Crippen LogP contribution is -2.49. The fraction of sp³-hybridized carbons (Fsp3) is 0.471. The van der Waals surface area contributed by atoms with E-state index in [1.54, 1.807) is 0 Å². The summed E-state index contributed by atoms with van der Waals surface area (Å²) >= 11 is 0. The number of carbonyl (C=O) groups is 1. The predicted octanol–water partition coefficient (Wildman–Crippen LogP) is 0.409. The molecule has 2 aliphatic heterocycles. The second-order valence-electron chi connectivity index (χ2n) is 6.48. The molecule has 0 unspecified atom stereocenters. The van der Waals surface area contributed by atoms with Crippen LogP contribution in [0.4, 0.5) is 0 Å². The molecule has 0 aromatic heterocycles. The van der Waals surface area contributed by atoms with Gasteiger partial charge in [0.05, 0.1) is 18.2 Å². The Morgan fingerprint density at radius 3 is 2.55 bits per heavy atom. The number of amides is 1. The van der Waals surface area contributed by atoms with E-state index in [-0.39, 0.29) is 11.9 Å². The average molecular weight is 293 g/mol. The molecule has 22 heavy (non-hydrogen) atoms. The SMILES string of the molecule is [B]c1ccc([C@H]2N[C@@H]3CCCC[C@H]3NC3=C2C(=O)NC3)cc1. The van der Waals surface area contributed by atoms with E-state index >= 15 is 0 Å². The van der Waals surface area contributed by atoms with Crippen molar-refractivity contribution in [3.8, 4) is 0 Å². The van der Waals surface area contributed by atoms with Gasteiger partial charge in [0.2, 0.25) is 0 Å². The fourth-order valence-electron chi connectivity index (χ4n) is 3.91. The van der Waals surface area contributed by atoms with Gasteiger partial charge < -0.3 is 16.0 Å². The van der Waals surface area contributed by atoms with Crippen LogP contribution >= 0.6 is 0 Å². The Kier molecular flexibility index (Phi) is 3.45. The van der Waals surface area contributed by atoms with Crippen molar-refractivity contribution < 1.29 is 4.79 Å². The van der Waals surface area contributed by atoms with Gasteiger partial charge in [0.15, 0.2) is 0 Å². The van der Waals surface area contributed by atoms with Crippen LogP contribution in [0.25, 0.3) is 0 Å². The van der Waals surface area contributed by atoms with E-state index in [1.165, 1.54) is 12.8 Å². The van der Waals surface area contributed by atoms with Crippen LogP contribution in [0.2, 0.25) is 0 Å². The molecular formula is C17H20BN3O. The summed E-state index contributed by atoms with van der Waals surface area (Å²) in [7, 11) is 5.80. The number of hydrogen-bond acceptors (Lipinski definition) is 3. The average Bonchev–Trinajstić information content (AvgIpc) is 2.79. The summed E-state index contributed by atoms with van der Waals surface area (Å²) in [6, 6.07) is 8.62. The molecule has 5 heteroatoms. The zero-order valence-corrected chi connectivity index (χ0v) is 12.6. The molecule has 2 radical (unpaired) electrons. The first kappa shape index (κ1) is 13.9. The van der Waals surface area contributed by atoms with Gasteiger partial charge in [-0.15, -0.1) is 0 Å². The lowest BCUT2D eigenvalue weighted by molar-refractivity contribution is -0.117. The van der Waals surface area contributed by atoms with E-state index in [0.29, 0.717) is 18.6 Å². The van der Waals surface area contributed by atoms with E-state index < -0.39 is 0 Å². The largest absolute Gasteiger partial charge is 0.382 e. The van der Waals surface area contributed by atoms with Crippen LogP contribution in [0.1, 0.15) is 37.3 Å². The fourth-order valence-corrected chi connectivity index (χ4v) is 3.91. The molecule has 1 aromatic rings. The Morgan fingerprint density at radius 1 is 1.05 bits per heavy atom. The molecule has 0 spiro atoms. The van der Waals surface area contributed by atoms with Crippen LogP contribution < -0.4 is 21.4 Å². The van der Waals surface area contributed by atoms with Gasteiger partial charge in [-0.3, -0.25) is 4.79 Å². The molecule has 3 aliphatic rings. The van der Waals surface area contributed by atoms with E-state index in [0.717, 1.165) is 35.1 Å². The highest BCUT2D eigenvalue weighted by atomic mass is 16.2. The second-order valence-corrected chi connectivity index (χ2v) is 6.48. The number of fused-ring (bicyclic) bond motifs is 1. The van der Waals surface area contributed by atoms with Crippen molar-refractivity contribution in [1.29, 1.82) is 0 Å². The molecule has 0 bridgehead atoms. The van der Waals surface area contributed by atoms with Crippen LogP contribution in [0.3, 0.4) is 0 Å². The molecule has 112 valence electrons. The van der Waals surface area contributed by atoms with Crippen LogP contribution in [-0.2, 0) is 4.79 Å². The quantitative estimate of drug-likeness (QED) is 0.657. The van der Waals surface area contributed by atoms with Crippen molar-refractivity contribution in [1.82, 2.24) is 16.0 Å². The maximum absolute atomic E-state index is 12.3. The highest BCUT2D eigenvalue weighted by molar-refractivity contribution is 6.32. The summed E-state index contributed by atoms with van der Waals surface area (Å²) < 4.78 is 0. The Balaban J connectivity index is 1.74. The molecule has 1 aromatic carbocycles. The first-order valence-electron chi connectivity index (χ1n) is 8.11. The molecule has 3 atom stereocenters. The molecule has 1 aliphatic carbocycles. The van der Waals surface area contributed by atoms with Gasteiger partial charge in [0.25, 0.3) is 5.91 Å². The summed E-state index contributed by atoms with van der Waals surface area (Å²) in [4.78, 5) is 12.3. The lowest BCUT2D eigenvalue weighted by atomic mass is 9.88. The molecular weight excluding hydrogens is 273 g/mol. The van der Waals surface area contributed by atoms with E-state index in [9.17, 15) is 4.79 Å². The highest BCUT2D eigenvalue weighted by Gasteiger charge is 2.38. The Labute approximate surface area is 132 Å². The number of hydrogen-bond donors (Lipinski definition) is 3. The first-order chi connectivity index (χ1) is 10.7. The van der Waals surface area contributed by atoms with Crippen LogP contribution in [0, 0.1) is 0 Å². The van der Waals surface area contributed by atoms with Gasteiger partial charge in [-0.1, -0.05) is 42.6 Å². The minimum atomic E-state index is -0.0568. The molecule has 3 N–H and O–H groups in total. The zero-order chi connectivity index (χ0) is 15.1. The lowest BCUT2D eigenvalue weighted by Gasteiger charge is -2.34. The second kappa shape index (κ2) is 5.47. The number of benzene rings is 1. The number of carbonyl (C=O) groups excluding carboxylic acids is 1. The van der Waals surface area contributed by atoms with Crippen molar-refractivity contribution in [2.45, 2.75) is 43.8 Å². The van der Waals surface area contributed by atoms with Crippen molar-refractivity contribution in [2.24, 2.45) is 0 Å². The van der Waals surface area contributed by atoms with Gasteiger partial charge in [0.1, 0.15) is 7.85 Å². The minimum Gasteiger partial charge on any atom is -0.382 e. The minimum absolute atomic E-state index is 0.0375. The van der Waals surface area contributed by atoms with Crippen molar-refractivity contribution in [3.05, 3.63) is 41.1 Å². The number of nitrogens with one attached hydrogen (secondary N) is 3. The Bertz CT molecular complexity index is 625. The molecule has 4 nitrogen and oxygen atoms in total. The maximum atomic E-state index is 12.3. The summed E-state index contributed by atoms with van der Waals surface area (Å²) in [5.74, 6) is 0.0375. The van der Waals surface area contributed by atoms with Crippen molar-refractivity contribution in [3.63, 3.8) is 0 Å². The molecule has 0 saturated heterocycles. The highest BCUT2D eigenvalue weighted by Crippen LogP contribution is 2.33. The zero-order valence-electron chi connectivity index (χ0n) is 12.6. The van der Waals surface area contributed by atoms with Crippen LogP contribution in [0.15, 0.2) is 35.5 Å². The third kappa shape index (κ3) is 2.33. The van der Waals surface area contributed by atoms with Gasteiger partial charge in [-0.25, -0.2) is 0 Å². The molecule has 1 saturated carbocycles. The summed E-state index contributed by atoms with van der Waals surface area (Å²) in [6.07, 6.45) is 4.83. The van der Waals surface area contributed by atoms with E-state index in [2.05, 4.69) is 16.0 Å². The standard InChI is InChI=1S/C17H20BN3O/c18-11-7-5-10(6-8-11)16-15-14(9-19-17(15)22)20-12-3-1-2-4-13(12)21-16/h5-8,12-13,16,20-21H,1-4,9H2,(H,19,22)/t12-,13-,16-/m1/s1. The third-order valence-electron chi connectivity index (χ3n) is 5.06. The van der Waals surface area contributed by atoms with Crippen molar-refractivity contribution in [2.75, 3.05) is 6.54 Å². The van der Waals surface area contributed by atoms with Gasteiger partial charge in [-0.05, 0) is 18.4 Å². The van der Waals surface area contributed by atoms with Gasteiger partial charge in [0, 0.05) is 17.8 Å². The smallest absolute Gasteiger partial charge is 0.251 e. The normalized spacial score (nSPS) is 30.9. The Hall–Kier alpha value is -1.75. The maximum Gasteiger partial charge on any atom is 0.251 e. The number of rotatable bonds is 1. The monoisotopic (exact) mass is 293 g/mol. The summed E-state index contributed by atoms with van der Waals surface area (Å²) in [5, 5.41) is 10.3. The molecule has 1 amide bonds. The summed E-state index contributed by atoms with van der Waals surface area (Å²) in [5.41, 5.74) is 3.76. The van der Waals surface area contributed by atoms with Gasteiger partial charge >= 0.3 is 0 Å². The van der Waals surface area contributed by atoms with Gasteiger partial charge in [-0.2, -0.15) is 0 Å². The van der Waals surface area contributed by atoms with E-state index in [1.807, 2.05) is 24.3 Å². The predicted molar refractivity (Wildman–Crippen MR) is 86.9 cm³/mol. The first-order valence-corrected chi connectivity index (χ1v) is 8.11. The van der Waals surface area contributed by atoms with E-state index in [4.69, 9.17) is 7.85 Å². The molecule has 1 fully saturated rings. The molecule has 2 heterocycles. The third-order valence-corrected chi connectivity index (χ3v) is 5.06. The van der Waals surface area contributed by atoms with Crippen LogP contribution in [0.5, 0.6) is 0 Å². The molecule has 4 rings (SSSR count). The van der Waals surface area contributed by atoms with Crippen molar-refractivity contribution >= 4 is 19.2 Å². The Morgan fingerprint density at radius 2 is 1.77 bits per heavy atom. The summed E-state index contributed by atoms with van der Waals surface area (Å²) in [6.45, 7) is 0.616. The van der Waals surface area contributed by atoms with Crippen LogP contribution in [-0.4, -0.2) is 32.4 Å². The topological polar surface area (TPSA) is 53.2 Å².